The maximum absolute atomic E-state index is 13.0. The highest BCUT2D eigenvalue weighted by Gasteiger charge is 2.22. The molecule has 0 fully saturated rings. The van der Waals surface area contributed by atoms with Gasteiger partial charge in [0.05, 0.1) is 40.3 Å². The van der Waals surface area contributed by atoms with E-state index in [1.807, 2.05) is 21.1 Å². The van der Waals surface area contributed by atoms with Gasteiger partial charge in [0.1, 0.15) is 13.2 Å². The van der Waals surface area contributed by atoms with Crippen LogP contribution in [-0.2, 0) is 33.3 Å². The molecule has 2 atom stereocenters. The highest BCUT2D eigenvalue weighted by atomic mass is 16.7. The minimum atomic E-state index is -1.62. The van der Waals surface area contributed by atoms with Gasteiger partial charge in [0.2, 0.25) is 0 Å². The van der Waals surface area contributed by atoms with Crippen LogP contribution in [0.15, 0.2) is 97.2 Å². The van der Waals surface area contributed by atoms with Crippen LogP contribution in [-0.4, -0.2) is 82.3 Å². The minimum absolute atomic E-state index is 0.149. The Balaban J connectivity index is 3.91. The van der Waals surface area contributed by atoms with Crippen molar-refractivity contribution in [1.82, 2.24) is 0 Å². The normalized spacial score (nSPS) is 13.0. The molecule has 0 rings (SSSR count). The van der Waals surface area contributed by atoms with Crippen LogP contribution in [0.4, 0.5) is 0 Å². The summed E-state index contributed by atoms with van der Waals surface area (Å²) in [5.74, 6) is -2.25. The summed E-state index contributed by atoms with van der Waals surface area (Å²) in [6.45, 7) is 4.69. The van der Waals surface area contributed by atoms with Gasteiger partial charge in [0.25, 0.3) is 0 Å². The lowest BCUT2D eigenvalue weighted by Gasteiger charge is -2.26. The van der Waals surface area contributed by atoms with Crippen LogP contribution in [0.3, 0.4) is 0 Å². The average molecular weight is 1470 g/mol. The van der Waals surface area contributed by atoms with Gasteiger partial charge in [0.15, 0.2) is 12.4 Å². The number of ether oxygens (including phenoxy) is 4. The van der Waals surface area contributed by atoms with Gasteiger partial charge in [-0.2, -0.15) is 0 Å². The number of carboxylic acids is 1. The number of unbranched alkanes of at least 4 members (excludes halogenated alkanes) is 54. The zero-order valence-electron chi connectivity index (χ0n) is 70.1. The Labute approximate surface area is 652 Å². The third-order valence-electron chi connectivity index (χ3n) is 20.3. The Hall–Kier alpha value is -3.79. The molecule has 0 aliphatic carbocycles. The number of hydrogen-bond acceptors (Lipinski definition) is 8. The molecule has 9 nitrogen and oxygen atoms in total. The lowest BCUT2D eigenvalue weighted by molar-refractivity contribution is -0.870. The third kappa shape index (κ3) is 87.3. The number of nitrogens with zero attached hydrogens (tertiary/aromatic N) is 1. The van der Waals surface area contributed by atoms with Gasteiger partial charge in [-0.1, -0.05) is 426 Å². The molecule has 610 valence electrons. The fourth-order valence-corrected chi connectivity index (χ4v) is 13.5. The fourth-order valence-electron chi connectivity index (χ4n) is 13.5. The molecule has 0 N–H and O–H groups in total. The van der Waals surface area contributed by atoms with Crippen LogP contribution in [0, 0.1) is 0 Å². The van der Waals surface area contributed by atoms with E-state index in [0.717, 1.165) is 77.0 Å². The number of quaternary nitrogens is 1. The van der Waals surface area contributed by atoms with Crippen LogP contribution >= 0.6 is 0 Å². The second kappa shape index (κ2) is 85.8. The summed E-state index contributed by atoms with van der Waals surface area (Å²) in [5, 5.41) is 11.9. The summed E-state index contributed by atoms with van der Waals surface area (Å²) in [4.78, 5) is 37.7. The van der Waals surface area contributed by atoms with Crippen molar-refractivity contribution < 1.29 is 42.9 Å². The van der Waals surface area contributed by atoms with Crippen molar-refractivity contribution in [2.75, 3.05) is 47.5 Å². The molecule has 0 aliphatic heterocycles. The first-order valence-electron chi connectivity index (χ1n) is 45.4. The second-order valence-electron chi connectivity index (χ2n) is 31.9. The molecule has 105 heavy (non-hydrogen) atoms. The van der Waals surface area contributed by atoms with Crippen molar-refractivity contribution in [3.05, 3.63) is 97.2 Å². The molecule has 2 unspecified atom stereocenters. The van der Waals surface area contributed by atoms with Crippen LogP contribution in [0.1, 0.15) is 438 Å². The topological polar surface area (TPSA) is 111 Å². The van der Waals surface area contributed by atoms with E-state index < -0.39 is 24.3 Å². The van der Waals surface area contributed by atoms with Crippen molar-refractivity contribution in [1.29, 1.82) is 0 Å². The quantitative estimate of drug-likeness (QED) is 0.0195. The summed E-state index contributed by atoms with van der Waals surface area (Å²) in [6, 6.07) is 0. The molecule has 0 aromatic rings. The molecule has 0 bridgehead atoms. The van der Waals surface area contributed by atoms with Crippen molar-refractivity contribution in [3.8, 4) is 0 Å². The molecule has 0 amide bonds. The first kappa shape index (κ1) is 101. The molecule has 0 saturated heterocycles. The molecule has 0 aromatic carbocycles. The molecule has 0 aliphatic rings. The van der Waals surface area contributed by atoms with Gasteiger partial charge in [-0.15, -0.1) is 0 Å². The number of rotatable bonds is 85. The van der Waals surface area contributed by atoms with Crippen molar-refractivity contribution in [2.24, 2.45) is 0 Å². The zero-order chi connectivity index (χ0) is 76.0. The van der Waals surface area contributed by atoms with Gasteiger partial charge >= 0.3 is 11.9 Å². The van der Waals surface area contributed by atoms with Gasteiger partial charge in [-0.3, -0.25) is 9.59 Å². The largest absolute Gasteiger partial charge is 0.545 e. The molecule has 0 saturated carbocycles. The zero-order valence-corrected chi connectivity index (χ0v) is 70.1. The monoisotopic (exact) mass is 1470 g/mol. The Morgan fingerprint density at radius 3 is 0.810 bits per heavy atom. The molecule has 0 heterocycles. The van der Waals surface area contributed by atoms with Gasteiger partial charge < -0.3 is 33.3 Å². The molecule has 0 spiro atoms. The number of allylic oxidation sites excluding steroid dienone is 16. The summed E-state index contributed by atoms with van der Waals surface area (Å²) in [7, 11) is 5.95. The molecule has 0 aromatic heterocycles. The van der Waals surface area contributed by atoms with Crippen LogP contribution in [0.5, 0.6) is 0 Å². The first-order valence-corrected chi connectivity index (χ1v) is 45.4. The summed E-state index contributed by atoms with van der Waals surface area (Å²) < 4.78 is 22.9. The Bertz CT molecular complexity index is 2060. The number of carboxylic acid groups (broad SMARTS) is 1. The lowest BCUT2D eigenvalue weighted by atomic mass is 10.0. The van der Waals surface area contributed by atoms with E-state index in [9.17, 15) is 19.5 Å². The van der Waals surface area contributed by atoms with Gasteiger partial charge in [0, 0.05) is 12.8 Å². The van der Waals surface area contributed by atoms with E-state index in [-0.39, 0.29) is 32.2 Å². The van der Waals surface area contributed by atoms with Crippen molar-refractivity contribution in [3.63, 3.8) is 0 Å². The van der Waals surface area contributed by atoms with Crippen LogP contribution < -0.4 is 5.11 Å². The van der Waals surface area contributed by atoms with Crippen molar-refractivity contribution >= 4 is 17.9 Å². The fraction of sp³-hybridized carbons (Fsp3) is 0.802. The third-order valence-corrected chi connectivity index (χ3v) is 20.3. The summed E-state index contributed by atoms with van der Waals surface area (Å²) >= 11 is 0. The number of carbonyl (C=O) groups excluding carboxylic acids is 3. The number of esters is 2. The number of likely N-dealkylation sites (N-methyl/N-ethyl adjacent to an activating group) is 1. The Kier molecular flexibility index (Phi) is 82.7. The smallest absolute Gasteiger partial charge is 0.306 e. The molecule has 0 radical (unpaired) electrons. The second-order valence-corrected chi connectivity index (χ2v) is 31.9. The van der Waals surface area contributed by atoms with E-state index in [0.29, 0.717) is 23.9 Å². The SMILES string of the molecule is CC/C=C\C/C=C\C/C=C\C/C=C\C/C=C\C/C=C\CCCCCCCCCCCCCCCCCCCCCCCCC(=O)OC(COC(=O)CCCCCCCCCCCCCCCCCCCCCCCCCCCCC/C=C\C/C=C\CCCCCCC)COC(OCC[N+](C)(C)C)C(=O)[O-]. The number of hydrogen-bond donors (Lipinski definition) is 0. The number of carbonyl (C=O) groups is 3. The summed E-state index contributed by atoms with van der Waals surface area (Å²) in [6.07, 6.45) is 117. The van der Waals surface area contributed by atoms with E-state index in [1.54, 1.807) is 0 Å². The molecular formula is C96H173NO8. The van der Waals surface area contributed by atoms with E-state index in [4.69, 9.17) is 18.9 Å². The van der Waals surface area contributed by atoms with E-state index in [1.165, 1.54) is 327 Å². The highest BCUT2D eigenvalue weighted by Crippen LogP contribution is 2.20. The standard InChI is InChI=1S/C96H173NO8/c1-6-8-10-12-14-16-18-20-22-24-26-28-30-32-34-36-38-40-42-44-46-47-49-51-53-55-57-59-61-63-65-67-69-71-73-75-77-79-81-83-85-87-94(99)105-92(91-104-96(95(100)101)102-89-88-97(3,4)5)90-103-93(98)86-84-82-80-78-76-74-72-70-68-66-64-62-60-58-56-54-52-50-48-45-43-41-39-37-35-33-31-29-27-25-23-21-19-17-15-13-11-9-7-2/h8,10,14,16,19-22,25-28,32,34,38,40,92,96H,6-7,9,11-13,15,17-18,23-24,29-31,33,35-37,39,41-91H2,1-5H3/b10-8-,16-14-,21-19-,22-20-,27-25-,28-26-,34-32-,40-38-. The first-order chi connectivity index (χ1) is 51.6. The Morgan fingerprint density at radius 1 is 0.295 bits per heavy atom. The maximum Gasteiger partial charge on any atom is 0.306 e. The average Bonchev–Trinajstić information content (AvgIpc) is 1.18. The highest BCUT2D eigenvalue weighted by molar-refractivity contribution is 5.70. The predicted molar refractivity (Wildman–Crippen MR) is 454 cm³/mol. The lowest BCUT2D eigenvalue weighted by Crippen LogP contribution is -2.44. The van der Waals surface area contributed by atoms with Gasteiger partial charge in [-0.25, -0.2) is 0 Å². The van der Waals surface area contributed by atoms with E-state index in [2.05, 4.69) is 111 Å². The Morgan fingerprint density at radius 2 is 0.543 bits per heavy atom. The summed E-state index contributed by atoms with van der Waals surface area (Å²) in [5.41, 5.74) is 0. The van der Waals surface area contributed by atoms with Gasteiger partial charge in [-0.05, 0) is 96.3 Å². The van der Waals surface area contributed by atoms with Crippen molar-refractivity contribution in [2.45, 2.75) is 450 Å². The maximum atomic E-state index is 13.0. The van der Waals surface area contributed by atoms with Crippen LogP contribution in [0.2, 0.25) is 0 Å². The van der Waals surface area contributed by atoms with Crippen LogP contribution in [0.25, 0.3) is 0 Å². The molecule has 9 heteroatoms. The molecular weight excluding hydrogens is 1300 g/mol. The predicted octanol–water partition coefficient (Wildman–Crippen LogP) is 28.5. The minimum Gasteiger partial charge on any atom is -0.545 e. The van der Waals surface area contributed by atoms with E-state index >= 15 is 0 Å². The number of aliphatic carboxylic acids is 1.